The fourth-order valence-electron chi connectivity index (χ4n) is 0.432. The minimum absolute atomic E-state index is 0.275. The first-order valence-electron chi connectivity index (χ1n) is 3.46. The van der Waals surface area contributed by atoms with Crippen LogP contribution in [-0.2, 0) is 4.74 Å². The Bertz CT molecular complexity index is 121. The normalized spacial score (nSPS) is 11.2. The zero-order valence-electron chi connectivity index (χ0n) is 6.90. The van der Waals surface area contributed by atoms with Gasteiger partial charge in [0.25, 0.3) is 0 Å². The fraction of sp³-hybridized carbons (Fsp3) is 0.857. The maximum atomic E-state index is 7.39. The summed E-state index contributed by atoms with van der Waals surface area (Å²) in [6.07, 6.45) is 0. The van der Waals surface area contributed by atoms with E-state index in [9.17, 15) is 0 Å². The van der Waals surface area contributed by atoms with Gasteiger partial charge >= 0.3 is 0 Å². The van der Waals surface area contributed by atoms with Crippen molar-refractivity contribution in [3.05, 3.63) is 0 Å². The Morgan fingerprint density at radius 2 is 2.10 bits per heavy atom. The number of hydrogen-bond acceptors (Lipinski definition) is 3. The minimum Gasteiger partial charge on any atom is -0.481 e. The third-order valence-corrected chi connectivity index (χ3v) is 1.41. The van der Waals surface area contributed by atoms with Gasteiger partial charge in [0, 0.05) is 6.54 Å². The molecular formula is C7H16N2O. The van der Waals surface area contributed by atoms with Crippen molar-refractivity contribution in [1.29, 1.82) is 5.41 Å². The molecular weight excluding hydrogens is 128 g/mol. The van der Waals surface area contributed by atoms with Gasteiger partial charge in [-0.15, -0.1) is 0 Å². The van der Waals surface area contributed by atoms with Crippen LogP contribution in [0.4, 0.5) is 0 Å². The van der Waals surface area contributed by atoms with Crippen LogP contribution in [0.15, 0.2) is 0 Å². The Labute approximate surface area is 62.1 Å². The highest BCUT2D eigenvalue weighted by atomic mass is 16.5. The summed E-state index contributed by atoms with van der Waals surface area (Å²) in [5.74, 6) is 0.275. The van der Waals surface area contributed by atoms with Crippen LogP contribution in [0.2, 0.25) is 0 Å². The zero-order valence-corrected chi connectivity index (χ0v) is 6.90. The maximum Gasteiger partial charge on any atom is 0.187 e. The summed E-state index contributed by atoms with van der Waals surface area (Å²) >= 11 is 0. The second-order valence-corrected chi connectivity index (χ2v) is 2.85. The molecule has 0 rings (SSSR count). The van der Waals surface area contributed by atoms with E-state index in [0.717, 1.165) is 0 Å². The van der Waals surface area contributed by atoms with Gasteiger partial charge < -0.3 is 10.5 Å². The molecule has 60 valence electrons. The van der Waals surface area contributed by atoms with Gasteiger partial charge in [-0.1, -0.05) is 0 Å². The third-order valence-electron chi connectivity index (χ3n) is 1.41. The first kappa shape index (κ1) is 9.43. The van der Waals surface area contributed by atoms with Crippen molar-refractivity contribution in [1.82, 2.24) is 0 Å². The third kappa shape index (κ3) is 2.35. The molecule has 3 heteroatoms. The molecule has 0 spiro atoms. The maximum absolute atomic E-state index is 7.39. The van der Waals surface area contributed by atoms with Crippen molar-refractivity contribution < 1.29 is 4.74 Å². The van der Waals surface area contributed by atoms with Crippen molar-refractivity contribution in [2.75, 3.05) is 13.2 Å². The van der Waals surface area contributed by atoms with Gasteiger partial charge in [0.05, 0.1) is 12.0 Å². The average molecular weight is 144 g/mol. The second-order valence-electron chi connectivity index (χ2n) is 2.85. The van der Waals surface area contributed by atoms with Crippen molar-refractivity contribution in [2.45, 2.75) is 20.8 Å². The molecule has 0 fully saturated rings. The van der Waals surface area contributed by atoms with E-state index in [-0.39, 0.29) is 11.3 Å². The second kappa shape index (κ2) is 3.56. The van der Waals surface area contributed by atoms with Crippen LogP contribution in [0.5, 0.6) is 0 Å². The lowest BCUT2D eigenvalue weighted by molar-refractivity contribution is 0.271. The molecule has 0 heterocycles. The largest absolute Gasteiger partial charge is 0.481 e. The summed E-state index contributed by atoms with van der Waals surface area (Å²) in [5.41, 5.74) is 5.11. The molecule has 0 aromatic carbocycles. The van der Waals surface area contributed by atoms with Crippen molar-refractivity contribution >= 4 is 5.90 Å². The molecule has 0 bridgehead atoms. The number of ether oxygens (including phenoxy) is 1. The van der Waals surface area contributed by atoms with Gasteiger partial charge in [-0.3, -0.25) is 5.41 Å². The molecule has 0 amide bonds. The summed E-state index contributed by atoms with van der Waals surface area (Å²) in [7, 11) is 0. The Morgan fingerprint density at radius 1 is 1.60 bits per heavy atom. The van der Waals surface area contributed by atoms with Crippen LogP contribution < -0.4 is 5.73 Å². The molecule has 0 saturated carbocycles. The smallest absolute Gasteiger partial charge is 0.187 e. The summed E-state index contributed by atoms with van der Waals surface area (Å²) < 4.78 is 5.00. The molecule has 0 aliphatic heterocycles. The molecule has 10 heavy (non-hydrogen) atoms. The van der Waals surface area contributed by atoms with Crippen LogP contribution in [-0.4, -0.2) is 19.0 Å². The first-order chi connectivity index (χ1) is 4.54. The monoisotopic (exact) mass is 144 g/mol. The Morgan fingerprint density at radius 3 is 2.40 bits per heavy atom. The lowest BCUT2D eigenvalue weighted by Gasteiger charge is -2.22. The van der Waals surface area contributed by atoms with E-state index in [4.69, 9.17) is 15.9 Å². The predicted molar refractivity (Wildman–Crippen MR) is 42.2 cm³/mol. The quantitative estimate of drug-likeness (QED) is 0.458. The summed E-state index contributed by atoms with van der Waals surface area (Å²) in [6.45, 7) is 6.64. The summed E-state index contributed by atoms with van der Waals surface area (Å²) in [5, 5.41) is 7.39. The van der Waals surface area contributed by atoms with Gasteiger partial charge in [0.15, 0.2) is 5.90 Å². The number of nitrogens with one attached hydrogen (secondary N) is 1. The van der Waals surface area contributed by atoms with E-state index < -0.39 is 0 Å². The molecule has 3 nitrogen and oxygen atoms in total. The highest BCUT2D eigenvalue weighted by Gasteiger charge is 2.22. The topological polar surface area (TPSA) is 59.1 Å². The molecule has 0 aromatic rings. The van der Waals surface area contributed by atoms with E-state index in [0.29, 0.717) is 13.2 Å². The Hall–Kier alpha value is -0.570. The Balaban J connectivity index is 3.91. The highest BCUT2D eigenvalue weighted by molar-refractivity contribution is 5.78. The SMILES string of the molecule is CCOC(=N)C(C)(C)CN. The van der Waals surface area contributed by atoms with Crippen LogP contribution in [0.25, 0.3) is 0 Å². The molecule has 0 aliphatic rings. The standard InChI is InChI=1S/C7H16N2O/c1-4-10-6(9)7(2,3)5-8/h9H,4-5,8H2,1-3H3. The number of hydrogen-bond donors (Lipinski definition) is 2. The van der Waals surface area contributed by atoms with Crippen LogP contribution >= 0.6 is 0 Å². The molecule has 0 unspecified atom stereocenters. The van der Waals surface area contributed by atoms with E-state index >= 15 is 0 Å². The lowest BCUT2D eigenvalue weighted by Crippen LogP contribution is -2.33. The van der Waals surface area contributed by atoms with Gasteiger partial charge in [-0.2, -0.15) is 0 Å². The summed E-state index contributed by atoms with van der Waals surface area (Å²) in [4.78, 5) is 0. The average Bonchev–Trinajstić information content (AvgIpc) is 1.89. The van der Waals surface area contributed by atoms with E-state index in [2.05, 4.69) is 0 Å². The minimum atomic E-state index is -0.310. The molecule has 0 atom stereocenters. The number of nitrogens with two attached hydrogens (primary N) is 1. The molecule has 0 saturated heterocycles. The molecule has 0 radical (unpaired) electrons. The number of rotatable bonds is 3. The predicted octanol–water partition coefficient (Wildman–Crippen LogP) is 0.985. The van der Waals surface area contributed by atoms with Gasteiger partial charge in [0.2, 0.25) is 0 Å². The van der Waals surface area contributed by atoms with Crippen LogP contribution in [0.3, 0.4) is 0 Å². The van der Waals surface area contributed by atoms with Crippen molar-refractivity contribution in [2.24, 2.45) is 11.1 Å². The van der Waals surface area contributed by atoms with Crippen LogP contribution in [0.1, 0.15) is 20.8 Å². The van der Waals surface area contributed by atoms with E-state index in [1.165, 1.54) is 0 Å². The van der Waals surface area contributed by atoms with Gasteiger partial charge in [0.1, 0.15) is 0 Å². The zero-order chi connectivity index (χ0) is 8.20. The van der Waals surface area contributed by atoms with Gasteiger partial charge in [-0.25, -0.2) is 0 Å². The molecule has 0 aliphatic carbocycles. The summed E-state index contributed by atoms with van der Waals surface area (Å²) in [6, 6.07) is 0. The van der Waals surface area contributed by atoms with Crippen molar-refractivity contribution in [3.8, 4) is 0 Å². The van der Waals surface area contributed by atoms with Crippen molar-refractivity contribution in [3.63, 3.8) is 0 Å². The Kier molecular flexibility index (Phi) is 3.36. The van der Waals surface area contributed by atoms with Gasteiger partial charge in [-0.05, 0) is 20.8 Å². The van der Waals surface area contributed by atoms with E-state index in [1.54, 1.807) is 0 Å². The van der Waals surface area contributed by atoms with Crippen LogP contribution in [0, 0.1) is 10.8 Å². The first-order valence-corrected chi connectivity index (χ1v) is 3.46. The molecule has 3 N–H and O–H groups in total. The fourth-order valence-corrected chi connectivity index (χ4v) is 0.432. The molecule has 0 aromatic heterocycles. The highest BCUT2D eigenvalue weighted by Crippen LogP contribution is 2.14. The lowest BCUT2D eigenvalue weighted by atomic mass is 9.94. The van der Waals surface area contributed by atoms with E-state index in [1.807, 2.05) is 20.8 Å².